The van der Waals surface area contributed by atoms with E-state index in [9.17, 15) is 23.7 Å². The van der Waals surface area contributed by atoms with Gasteiger partial charge in [-0.3, -0.25) is 14.9 Å². The molecule has 0 bridgehead atoms. The molecule has 1 amide bonds. The summed E-state index contributed by atoms with van der Waals surface area (Å²) in [4.78, 5) is 27.5. The molecule has 9 nitrogen and oxygen atoms in total. The number of fused-ring (bicyclic) bond motifs is 1. The zero-order valence-electron chi connectivity index (χ0n) is 17.1. The standard InChI is InChI=1S/C21H13Cl2F2N5O4/c1-11-6-18(21(23,24)25)29-19(26-11)10-17(28-29)20(31)27-13-7-14(30(32)33)9-16(8-13)34-15-4-2-12(22)3-5-15/h2-10H,1H3,(H,27,31). The number of hydrogen-bond donors (Lipinski definition) is 1. The van der Waals surface area contributed by atoms with Crippen LogP contribution in [0.5, 0.6) is 11.5 Å². The number of halogens is 4. The van der Waals surface area contributed by atoms with Gasteiger partial charge in [-0.15, -0.1) is 0 Å². The zero-order valence-corrected chi connectivity index (χ0v) is 18.6. The normalized spacial score (nSPS) is 11.4. The smallest absolute Gasteiger partial charge is 0.364 e. The van der Waals surface area contributed by atoms with Gasteiger partial charge in [0.25, 0.3) is 11.6 Å². The second-order valence-electron chi connectivity index (χ2n) is 7.06. The van der Waals surface area contributed by atoms with Gasteiger partial charge in [-0.05, 0) is 48.9 Å². The van der Waals surface area contributed by atoms with Gasteiger partial charge in [-0.2, -0.15) is 13.9 Å². The highest BCUT2D eigenvalue weighted by Crippen LogP contribution is 2.33. The number of ether oxygens (including phenoxy) is 1. The Bertz CT molecular complexity index is 1420. The third kappa shape index (κ3) is 5.05. The molecule has 2 aromatic carbocycles. The zero-order chi connectivity index (χ0) is 24.6. The number of non-ortho nitro benzene ring substituents is 1. The summed E-state index contributed by atoms with van der Waals surface area (Å²) in [5.74, 6) is -0.383. The second-order valence-corrected chi connectivity index (χ2v) is 7.97. The number of alkyl halides is 3. The summed E-state index contributed by atoms with van der Waals surface area (Å²) < 4.78 is 33.9. The van der Waals surface area contributed by atoms with Crippen molar-refractivity contribution in [2.75, 3.05) is 5.32 Å². The van der Waals surface area contributed by atoms with Gasteiger partial charge in [0.1, 0.15) is 17.2 Å². The molecule has 174 valence electrons. The van der Waals surface area contributed by atoms with Crippen molar-refractivity contribution in [2.45, 2.75) is 12.3 Å². The van der Waals surface area contributed by atoms with Crippen LogP contribution in [0.3, 0.4) is 0 Å². The number of anilines is 1. The number of carbonyl (C=O) groups excluding carboxylic acids is 1. The third-order valence-electron chi connectivity index (χ3n) is 4.49. The largest absolute Gasteiger partial charge is 0.457 e. The van der Waals surface area contributed by atoms with E-state index in [2.05, 4.69) is 15.4 Å². The molecule has 1 N–H and O–H groups in total. The van der Waals surface area contributed by atoms with Gasteiger partial charge in [-0.1, -0.05) is 11.6 Å². The molecule has 0 radical (unpaired) electrons. The van der Waals surface area contributed by atoms with Crippen molar-refractivity contribution >= 4 is 46.1 Å². The van der Waals surface area contributed by atoms with Crippen LogP contribution in [-0.2, 0) is 5.38 Å². The molecule has 2 aromatic heterocycles. The van der Waals surface area contributed by atoms with E-state index in [1.54, 1.807) is 24.3 Å². The molecule has 0 aliphatic heterocycles. The van der Waals surface area contributed by atoms with Crippen molar-refractivity contribution in [2.24, 2.45) is 0 Å². The molecule has 34 heavy (non-hydrogen) atoms. The first-order valence-corrected chi connectivity index (χ1v) is 10.2. The lowest BCUT2D eigenvalue weighted by atomic mass is 10.2. The minimum atomic E-state index is -3.75. The number of nitrogens with one attached hydrogen (secondary N) is 1. The number of aromatic nitrogens is 3. The average Bonchev–Trinajstić information content (AvgIpc) is 3.18. The van der Waals surface area contributed by atoms with Gasteiger partial charge < -0.3 is 10.1 Å². The maximum Gasteiger partial charge on any atom is 0.364 e. The topological polar surface area (TPSA) is 112 Å². The average molecular weight is 508 g/mol. The van der Waals surface area contributed by atoms with Crippen LogP contribution in [-0.4, -0.2) is 25.4 Å². The summed E-state index contributed by atoms with van der Waals surface area (Å²) in [5, 5.41) is 14.4. The first kappa shape index (κ1) is 23.3. The number of hydrogen-bond acceptors (Lipinski definition) is 6. The van der Waals surface area contributed by atoms with Gasteiger partial charge in [-0.25, -0.2) is 9.50 Å². The molecule has 0 saturated heterocycles. The molecular formula is C21H13Cl2F2N5O4. The van der Waals surface area contributed by atoms with E-state index in [1.165, 1.54) is 25.1 Å². The molecule has 13 heteroatoms. The predicted molar refractivity (Wildman–Crippen MR) is 120 cm³/mol. The summed E-state index contributed by atoms with van der Waals surface area (Å²) in [7, 11) is 0. The van der Waals surface area contributed by atoms with Crippen LogP contribution in [0.15, 0.2) is 54.6 Å². The van der Waals surface area contributed by atoms with Crippen LogP contribution in [0, 0.1) is 17.0 Å². The van der Waals surface area contributed by atoms with Crippen LogP contribution in [0.25, 0.3) is 5.65 Å². The van der Waals surface area contributed by atoms with Crippen LogP contribution in [0.1, 0.15) is 21.9 Å². The number of nitrogens with zero attached hydrogens (tertiary/aromatic N) is 4. The quantitative estimate of drug-likeness (QED) is 0.196. The summed E-state index contributed by atoms with van der Waals surface area (Å²) in [5.41, 5.74) is -1.02. The minimum absolute atomic E-state index is 0.0206. The van der Waals surface area contributed by atoms with E-state index in [0.717, 1.165) is 16.6 Å². The number of benzene rings is 2. The molecule has 0 aliphatic carbocycles. The molecule has 4 aromatic rings. The Kier molecular flexibility index (Phi) is 6.07. The van der Waals surface area contributed by atoms with E-state index in [-0.39, 0.29) is 34.2 Å². The summed E-state index contributed by atoms with van der Waals surface area (Å²) >= 11 is 11.0. The Morgan fingerprint density at radius 3 is 2.50 bits per heavy atom. The molecule has 0 aliphatic rings. The molecule has 0 fully saturated rings. The lowest BCUT2D eigenvalue weighted by molar-refractivity contribution is -0.384. The molecule has 0 spiro atoms. The number of amides is 1. The van der Waals surface area contributed by atoms with Crippen LogP contribution >= 0.6 is 23.2 Å². The summed E-state index contributed by atoms with van der Waals surface area (Å²) in [6.07, 6.45) is 0. The lowest BCUT2D eigenvalue weighted by Gasteiger charge is -2.10. The van der Waals surface area contributed by atoms with Crippen molar-refractivity contribution in [3.63, 3.8) is 0 Å². The third-order valence-corrected chi connectivity index (χ3v) is 4.93. The number of aryl methyl sites for hydroxylation is 1. The summed E-state index contributed by atoms with van der Waals surface area (Å²) in [6, 6.07) is 12.2. The minimum Gasteiger partial charge on any atom is -0.457 e. The van der Waals surface area contributed by atoms with E-state index < -0.39 is 21.9 Å². The fraction of sp³-hybridized carbons (Fsp3) is 0.0952. The monoisotopic (exact) mass is 507 g/mol. The van der Waals surface area contributed by atoms with E-state index >= 15 is 0 Å². The molecule has 0 unspecified atom stereocenters. The lowest BCUT2D eigenvalue weighted by Crippen LogP contribution is -2.15. The van der Waals surface area contributed by atoms with E-state index in [1.807, 2.05) is 0 Å². The van der Waals surface area contributed by atoms with Crippen molar-refractivity contribution in [1.82, 2.24) is 14.6 Å². The number of rotatable bonds is 6. The number of nitro groups is 1. The van der Waals surface area contributed by atoms with Crippen molar-refractivity contribution < 1.29 is 23.2 Å². The molecular weight excluding hydrogens is 495 g/mol. The number of carbonyl (C=O) groups is 1. The molecule has 0 atom stereocenters. The fourth-order valence-corrected chi connectivity index (χ4v) is 3.33. The van der Waals surface area contributed by atoms with Gasteiger partial charge in [0, 0.05) is 28.9 Å². The van der Waals surface area contributed by atoms with Crippen molar-refractivity contribution in [1.29, 1.82) is 0 Å². The van der Waals surface area contributed by atoms with E-state index in [4.69, 9.17) is 27.9 Å². The van der Waals surface area contributed by atoms with Gasteiger partial charge in [0.05, 0.1) is 16.7 Å². The Balaban J connectivity index is 1.66. The van der Waals surface area contributed by atoms with Gasteiger partial charge in [0.15, 0.2) is 11.3 Å². The second kappa shape index (κ2) is 8.84. The number of nitro benzene ring substituents is 1. The Morgan fingerprint density at radius 1 is 1.15 bits per heavy atom. The first-order chi connectivity index (χ1) is 16.0. The highest BCUT2D eigenvalue weighted by molar-refractivity contribution is 6.30. The summed E-state index contributed by atoms with van der Waals surface area (Å²) in [6.45, 7) is 1.49. The Morgan fingerprint density at radius 2 is 1.85 bits per heavy atom. The van der Waals surface area contributed by atoms with Gasteiger partial charge >= 0.3 is 5.38 Å². The highest BCUT2D eigenvalue weighted by atomic mass is 35.5. The van der Waals surface area contributed by atoms with Crippen LogP contribution < -0.4 is 10.1 Å². The van der Waals surface area contributed by atoms with Crippen molar-refractivity contribution in [3.8, 4) is 11.5 Å². The van der Waals surface area contributed by atoms with Gasteiger partial charge in [0.2, 0.25) is 0 Å². The molecule has 0 saturated carbocycles. The first-order valence-electron chi connectivity index (χ1n) is 9.48. The molecule has 4 rings (SSSR count). The molecule has 2 heterocycles. The maximum absolute atomic E-state index is 13.8. The predicted octanol–water partition coefficient (Wildman–Crippen LogP) is 5.93. The maximum atomic E-state index is 13.8. The fourth-order valence-electron chi connectivity index (χ4n) is 3.07. The Hall–Kier alpha value is -3.83. The highest BCUT2D eigenvalue weighted by Gasteiger charge is 2.32. The SMILES string of the molecule is Cc1cc(C(F)(F)Cl)n2nc(C(=O)Nc3cc(Oc4ccc(Cl)cc4)cc([N+](=O)[O-])c3)cc2n1. The van der Waals surface area contributed by atoms with Crippen molar-refractivity contribution in [3.05, 3.63) is 86.8 Å². The van der Waals surface area contributed by atoms with Crippen LogP contribution in [0.4, 0.5) is 20.2 Å². The van der Waals surface area contributed by atoms with E-state index in [0.29, 0.717) is 10.8 Å². The Labute approximate surface area is 200 Å². The van der Waals surface area contributed by atoms with Crippen LogP contribution in [0.2, 0.25) is 5.02 Å².